The molecule has 0 radical (unpaired) electrons. The van der Waals surface area contributed by atoms with Gasteiger partial charge in [0.15, 0.2) is 17.0 Å². The average molecular weight is 421 g/mol. The molecule has 0 aliphatic heterocycles. The molecule has 0 amide bonds. The van der Waals surface area contributed by atoms with Crippen molar-refractivity contribution in [3.05, 3.63) is 36.4 Å². The van der Waals surface area contributed by atoms with E-state index >= 15 is 0 Å². The molecule has 31 heavy (non-hydrogen) atoms. The van der Waals surface area contributed by atoms with Gasteiger partial charge in [0.2, 0.25) is 5.95 Å². The maximum absolute atomic E-state index is 6.09. The van der Waals surface area contributed by atoms with E-state index in [2.05, 4.69) is 27.1 Å². The van der Waals surface area contributed by atoms with Gasteiger partial charge in [-0.3, -0.25) is 4.98 Å². The zero-order valence-electron chi connectivity index (χ0n) is 18.2. The number of nitrogens with one attached hydrogen (secondary N) is 2. The second-order valence-corrected chi connectivity index (χ2v) is 9.06. The fourth-order valence-electron chi connectivity index (χ4n) is 4.92. The van der Waals surface area contributed by atoms with E-state index in [-0.39, 0.29) is 6.04 Å². The second-order valence-electron chi connectivity index (χ2n) is 9.06. The zero-order valence-corrected chi connectivity index (χ0v) is 18.2. The average Bonchev–Trinajstić information content (AvgIpc) is 3.46. The van der Waals surface area contributed by atoms with Crippen molar-refractivity contribution < 1.29 is 0 Å². The number of hydrogen-bond donors (Lipinski definition) is 3. The van der Waals surface area contributed by atoms with E-state index in [4.69, 9.17) is 20.7 Å². The topological polar surface area (TPSA) is 107 Å². The van der Waals surface area contributed by atoms with Gasteiger partial charge >= 0.3 is 0 Å². The predicted molar refractivity (Wildman–Crippen MR) is 123 cm³/mol. The maximum Gasteiger partial charge on any atom is 0.227 e. The Balaban J connectivity index is 1.48. The van der Waals surface area contributed by atoms with Gasteiger partial charge in [-0.05, 0) is 63.1 Å². The summed E-state index contributed by atoms with van der Waals surface area (Å²) in [7, 11) is 0. The van der Waals surface area contributed by atoms with Gasteiger partial charge in [0.05, 0.1) is 12.4 Å². The van der Waals surface area contributed by atoms with Gasteiger partial charge in [0, 0.05) is 30.5 Å². The van der Waals surface area contributed by atoms with Crippen LogP contribution in [0.1, 0.15) is 75.9 Å². The first-order valence-electron chi connectivity index (χ1n) is 11.6. The van der Waals surface area contributed by atoms with Crippen molar-refractivity contribution in [3.63, 3.8) is 0 Å². The highest BCUT2D eigenvalue weighted by molar-refractivity contribution is 5.84. The first kappa shape index (κ1) is 20.2. The first-order chi connectivity index (χ1) is 15.2. The number of pyridine rings is 1. The minimum absolute atomic E-state index is 0.0817. The fourth-order valence-corrected chi connectivity index (χ4v) is 4.92. The van der Waals surface area contributed by atoms with Crippen molar-refractivity contribution in [1.29, 1.82) is 0 Å². The van der Waals surface area contributed by atoms with Crippen LogP contribution in [0.5, 0.6) is 0 Å². The molecule has 2 aliphatic rings. The molecule has 0 spiro atoms. The lowest BCUT2D eigenvalue weighted by atomic mass is 9.92. The van der Waals surface area contributed by atoms with E-state index < -0.39 is 0 Å². The van der Waals surface area contributed by atoms with Crippen LogP contribution in [0.15, 0.2) is 30.9 Å². The molecule has 0 aromatic carbocycles. The van der Waals surface area contributed by atoms with E-state index in [0.29, 0.717) is 24.1 Å². The summed E-state index contributed by atoms with van der Waals surface area (Å²) in [5.41, 5.74) is 9.00. The monoisotopic (exact) mass is 420 g/mol. The van der Waals surface area contributed by atoms with E-state index in [9.17, 15) is 0 Å². The normalized spacial score (nSPS) is 23.2. The Morgan fingerprint density at radius 1 is 1.03 bits per heavy atom. The zero-order chi connectivity index (χ0) is 21.2. The van der Waals surface area contributed by atoms with Gasteiger partial charge in [-0.15, -0.1) is 0 Å². The highest BCUT2D eigenvalue weighted by Crippen LogP contribution is 2.34. The smallest absolute Gasteiger partial charge is 0.227 e. The molecule has 2 aliphatic carbocycles. The molecule has 2 fully saturated rings. The Morgan fingerprint density at radius 2 is 1.77 bits per heavy atom. The van der Waals surface area contributed by atoms with Crippen LogP contribution in [-0.2, 0) is 0 Å². The van der Waals surface area contributed by atoms with Crippen molar-refractivity contribution in [2.45, 2.75) is 82.5 Å². The highest BCUT2D eigenvalue weighted by Gasteiger charge is 2.24. The van der Waals surface area contributed by atoms with E-state index in [1.54, 1.807) is 0 Å². The molecular weight excluding hydrogens is 388 g/mol. The van der Waals surface area contributed by atoms with E-state index in [0.717, 1.165) is 48.2 Å². The van der Waals surface area contributed by atoms with Gasteiger partial charge in [-0.25, -0.2) is 4.98 Å². The van der Waals surface area contributed by atoms with Crippen LogP contribution in [0.4, 0.5) is 11.8 Å². The lowest BCUT2D eigenvalue weighted by molar-refractivity contribution is 0.410. The lowest BCUT2D eigenvalue weighted by Gasteiger charge is -2.27. The third-order valence-electron chi connectivity index (χ3n) is 6.80. The van der Waals surface area contributed by atoms with Gasteiger partial charge in [-0.2, -0.15) is 9.97 Å². The second kappa shape index (κ2) is 8.78. The molecule has 164 valence electrons. The maximum atomic E-state index is 6.09. The number of rotatable bonds is 6. The molecule has 0 bridgehead atoms. The van der Waals surface area contributed by atoms with Crippen molar-refractivity contribution in [1.82, 2.24) is 24.5 Å². The van der Waals surface area contributed by atoms with Crippen molar-refractivity contribution >= 4 is 22.9 Å². The summed E-state index contributed by atoms with van der Waals surface area (Å²) in [6.45, 7) is 2.13. The number of aromatic nitrogens is 5. The van der Waals surface area contributed by atoms with Gasteiger partial charge in [0.1, 0.15) is 0 Å². The van der Waals surface area contributed by atoms with Crippen molar-refractivity contribution in [3.8, 4) is 0 Å². The van der Waals surface area contributed by atoms with Crippen molar-refractivity contribution in [2.24, 2.45) is 5.73 Å². The predicted octanol–water partition coefficient (Wildman–Crippen LogP) is 4.19. The summed E-state index contributed by atoms with van der Waals surface area (Å²) in [6, 6.07) is 5.30. The number of nitrogens with two attached hydrogens (primary N) is 1. The quantitative estimate of drug-likeness (QED) is 0.549. The molecule has 3 aromatic heterocycles. The van der Waals surface area contributed by atoms with E-state index in [1.165, 1.54) is 25.7 Å². The van der Waals surface area contributed by atoms with Crippen LogP contribution in [0.3, 0.4) is 0 Å². The van der Waals surface area contributed by atoms with Crippen LogP contribution >= 0.6 is 0 Å². The molecule has 5 rings (SSSR count). The number of hydrogen-bond acceptors (Lipinski definition) is 7. The molecule has 2 saturated carbocycles. The summed E-state index contributed by atoms with van der Waals surface area (Å²) in [5.74, 6) is 1.46. The molecule has 3 heterocycles. The van der Waals surface area contributed by atoms with Crippen LogP contribution < -0.4 is 16.4 Å². The van der Waals surface area contributed by atoms with Gasteiger partial charge in [0.25, 0.3) is 0 Å². The highest BCUT2D eigenvalue weighted by atomic mass is 15.2. The Bertz CT molecular complexity index is 1000. The molecule has 8 heteroatoms. The number of anilines is 2. The van der Waals surface area contributed by atoms with Gasteiger partial charge in [-0.1, -0.05) is 12.8 Å². The van der Waals surface area contributed by atoms with Crippen LogP contribution in [0.25, 0.3) is 11.2 Å². The summed E-state index contributed by atoms with van der Waals surface area (Å²) in [6.07, 6.45) is 14.7. The summed E-state index contributed by atoms with van der Waals surface area (Å²) in [4.78, 5) is 18.6. The molecule has 1 atom stereocenters. The Morgan fingerprint density at radius 3 is 2.52 bits per heavy atom. The summed E-state index contributed by atoms with van der Waals surface area (Å²) in [5, 5.41) is 7.16. The molecule has 3 aromatic rings. The Kier molecular flexibility index (Phi) is 5.72. The van der Waals surface area contributed by atoms with Crippen LogP contribution in [-0.4, -0.2) is 36.6 Å². The van der Waals surface area contributed by atoms with Crippen LogP contribution in [0, 0.1) is 0 Å². The summed E-state index contributed by atoms with van der Waals surface area (Å²) >= 11 is 0. The largest absolute Gasteiger partial charge is 0.362 e. The number of imidazole rings is 1. The minimum Gasteiger partial charge on any atom is -0.362 e. The summed E-state index contributed by atoms with van der Waals surface area (Å²) < 4.78 is 2.26. The standard InChI is InChI=1S/C23H32N8/c1-15(16-10-12-25-13-11-16)27-21-20-22(31(14-26-20)19-4-2-3-5-19)30-23(29-21)28-18-8-6-17(24)7-9-18/h10-15,17-19H,2-9,24H2,1H3,(H2,27,28,29,30). The lowest BCUT2D eigenvalue weighted by Crippen LogP contribution is -2.33. The number of fused-ring (bicyclic) bond motifs is 1. The third-order valence-corrected chi connectivity index (χ3v) is 6.80. The van der Waals surface area contributed by atoms with Crippen LogP contribution in [0.2, 0.25) is 0 Å². The first-order valence-corrected chi connectivity index (χ1v) is 11.6. The number of nitrogens with zero attached hydrogens (tertiary/aromatic N) is 5. The molecule has 4 N–H and O–H groups in total. The Labute approximate surface area is 183 Å². The molecule has 8 nitrogen and oxygen atoms in total. The molecule has 1 unspecified atom stereocenters. The fraction of sp³-hybridized carbons (Fsp3) is 0.565. The minimum atomic E-state index is 0.0817. The molecular formula is C23H32N8. The van der Waals surface area contributed by atoms with Gasteiger partial charge < -0.3 is 20.9 Å². The van der Waals surface area contributed by atoms with E-state index in [1.807, 2.05) is 30.9 Å². The SMILES string of the molecule is CC(Nc1nc(NC2CCC(N)CC2)nc2c1ncn2C1CCCC1)c1ccncc1. The third kappa shape index (κ3) is 4.35. The van der Waals surface area contributed by atoms with Crippen molar-refractivity contribution in [2.75, 3.05) is 10.6 Å². The molecule has 0 saturated heterocycles. The Hall–Kier alpha value is -2.74.